The molecule has 0 saturated carbocycles. The van der Waals surface area contributed by atoms with Gasteiger partial charge in [0.2, 0.25) is 5.91 Å². The van der Waals surface area contributed by atoms with Crippen molar-refractivity contribution in [2.24, 2.45) is 0 Å². The van der Waals surface area contributed by atoms with Gasteiger partial charge < -0.3 is 15.5 Å². The van der Waals surface area contributed by atoms with E-state index < -0.39 is 0 Å². The van der Waals surface area contributed by atoms with Crippen LogP contribution in [0.1, 0.15) is 13.3 Å². The summed E-state index contributed by atoms with van der Waals surface area (Å²) in [7, 11) is 4.06. The van der Waals surface area contributed by atoms with Gasteiger partial charge in [-0.3, -0.25) is 4.79 Å². The van der Waals surface area contributed by atoms with Crippen LogP contribution in [0, 0.1) is 0 Å². The van der Waals surface area contributed by atoms with Crippen molar-refractivity contribution in [1.82, 2.24) is 15.5 Å². The van der Waals surface area contributed by atoms with Crippen LogP contribution in [0.2, 0.25) is 0 Å². The Morgan fingerprint density at radius 1 is 1.38 bits per heavy atom. The molecule has 13 heavy (non-hydrogen) atoms. The summed E-state index contributed by atoms with van der Waals surface area (Å²) in [5, 5.41) is 5.82. The molecule has 0 fully saturated rings. The number of hydrogen-bond acceptors (Lipinski definition) is 3. The fraction of sp³-hybridized carbons (Fsp3) is 0.889. The van der Waals surface area contributed by atoms with Crippen LogP contribution in [0.15, 0.2) is 0 Å². The largest absolute Gasteiger partial charge is 0.355 e. The third kappa shape index (κ3) is 9.30. The number of nitrogens with zero attached hydrogens (tertiary/aromatic N) is 1. The predicted octanol–water partition coefficient (Wildman–Crippen LogP) is -0.336. The summed E-state index contributed by atoms with van der Waals surface area (Å²) in [6, 6.07) is 0. The maximum absolute atomic E-state index is 11.1. The fourth-order valence-electron chi connectivity index (χ4n) is 0.924. The highest BCUT2D eigenvalue weighted by molar-refractivity contribution is 5.77. The number of hydrogen-bond donors (Lipinski definition) is 2. The first-order chi connectivity index (χ1) is 6.16. The first kappa shape index (κ1) is 12.4. The summed E-state index contributed by atoms with van der Waals surface area (Å²) >= 11 is 0. The molecule has 0 atom stereocenters. The second-order valence-electron chi connectivity index (χ2n) is 3.29. The van der Waals surface area contributed by atoms with Crippen LogP contribution in [0.4, 0.5) is 0 Å². The molecule has 0 aromatic rings. The summed E-state index contributed by atoms with van der Waals surface area (Å²) < 4.78 is 0. The lowest BCUT2D eigenvalue weighted by atomic mass is 10.4. The Labute approximate surface area is 80.7 Å². The molecule has 0 aliphatic carbocycles. The Morgan fingerprint density at radius 2 is 2.08 bits per heavy atom. The second kappa shape index (κ2) is 8.01. The molecule has 0 unspecified atom stereocenters. The monoisotopic (exact) mass is 187 g/mol. The molecule has 4 nitrogen and oxygen atoms in total. The first-order valence-corrected chi connectivity index (χ1v) is 4.79. The molecule has 0 aromatic heterocycles. The minimum atomic E-state index is 0.0839. The highest BCUT2D eigenvalue weighted by atomic mass is 16.1. The van der Waals surface area contributed by atoms with Crippen LogP contribution < -0.4 is 10.6 Å². The Bertz CT molecular complexity index is 137. The van der Waals surface area contributed by atoms with Crippen LogP contribution >= 0.6 is 0 Å². The van der Waals surface area contributed by atoms with Gasteiger partial charge in [-0.1, -0.05) is 6.92 Å². The van der Waals surface area contributed by atoms with E-state index in [0.717, 1.165) is 26.1 Å². The Hall–Kier alpha value is -0.610. The van der Waals surface area contributed by atoms with Gasteiger partial charge in [0.25, 0.3) is 0 Å². The number of rotatable bonds is 7. The Balaban J connectivity index is 3.17. The number of carbonyl (C=O) groups is 1. The molecule has 2 N–H and O–H groups in total. The van der Waals surface area contributed by atoms with E-state index in [4.69, 9.17) is 0 Å². The normalized spacial score (nSPS) is 10.5. The highest BCUT2D eigenvalue weighted by Gasteiger charge is 1.97. The van der Waals surface area contributed by atoms with Crippen molar-refractivity contribution in [1.29, 1.82) is 0 Å². The van der Waals surface area contributed by atoms with Crippen molar-refractivity contribution in [2.45, 2.75) is 13.3 Å². The molecule has 0 radical (unpaired) electrons. The molecular weight excluding hydrogens is 166 g/mol. The molecule has 78 valence electrons. The summed E-state index contributed by atoms with van der Waals surface area (Å²) in [5.41, 5.74) is 0. The standard InChI is InChI=1S/C9H21N3O/c1-4-10-8-9(13)11-6-5-7-12(2)3/h10H,4-8H2,1-3H3,(H,11,13). The van der Waals surface area contributed by atoms with E-state index in [1.165, 1.54) is 0 Å². The lowest BCUT2D eigenvalue weighted by molar-refractivity contribution is -0.120. The third-order valence-corrected chi connectivity index (χ3v) is 1.64. The maximum Gasteiger partial charge on any atom is 0.233 e. The average molecular weight is 187 g/mol. The van der Waals surface area contributed by atoms with Crippen molar-refractivity contribution >= 4 is 5.91 Å². The Kier molecular flexibility index (Phi) is 7.63. The van der Waals surface area contributed by atoms with Crippen LogP contribution in [0.25, 0.3) is 0 Å². The molecule has 0 aromatic carbocycles. The molecule has 0 bridgehead atoms. The van der Waals surface area contributed by atoms with Gasteiger partial charge in [0.15, 0.2) is 0 Å². The zero-order chi connectivity index (χ0) is 10.1. The van der Waals surface area contributed by atoms with E-state index in [1.807, 2.05) is 21.0 Å². The van der Waals surface area contributed by atoms with E-state index >= 15 is 0 Å². The van der Waals surface area contributed by atoms with Gasteiger partial charge in [-0.2, -0.15) is 0 Å². The molecule has 0 rings (SSSR count). The van der Waals surface area contributed by atoms with Crippen LogP contribution in [0.5, 0.6) is 0 Å². The highest BCUT2D eigenvalue weighted by Crippen LogP contribution is 1.80. The number of amides is 1. The molecule has 1 amide bonds. The minimum Gasteiger partial charge on any atom is -0.355 e. The van der Waals surface area contributed by atoms with E-state index in [-0.39, 0.29) is 5.91 Å². The average Bonchev–Trinajstić information content (AvgIpc) is 2.08. The van der Waals surface area contributed by atoms with Crippen molar-refractivity contribution in [2.75, 3.05) is 40.3 Å². The van der Waals surface area contributed by atoms with Crippen LogP contribution in [-0.4, -0.2) is 51.1 Å². The van der Waals surface area contributed by atoms with E-state index in [9.17, 15) is 4.79 Å². The predicted molar refractivity (Wildman–Crippen MR) is 54.7 cm³/mol. The SMILES string of the molecule is CCNCC(=O)NCCCN(C)C. The van der Waals surface area contributed by atoms with Gasteiger partial charge in [0.05, 0.1) is 6.54 Å². The number of carbonyl (C=O) groups excluding carboxylic acids is 1. The van der Waals surface area contributed by atoms with Crippen molar-refractivity contribution in [3.05, 3.63) is 0 Å². The lowest BCUT2D eigenvalue weighted by Gasteiger charge is -2.09. The first-order valence-electron chi connectivity index (χ1n) is 4.79. The second-order valence-corrected chi connectivity index (χ2v) is 3.29. The van der Waals surface area contributed by atoms with Gasteiger partial charge in [-0.05, 0) is 33.6 Å². The third-order valence-electron chi connectivity index (χ3n) is 1.64. The summed E-state index contributed by atoms with van der Waals surface area (Å²) in [4.78, 5) is 13.2. The van der Waals surface area contributed by atoms with E-state index in [0.29, 0.717) is 6.54 Å². The summed E-state index contributed by atoms with van der Waals surface area (Å²) in [6.45, 7) is 5.03. The fourth-order valence-corrected chi connectivity index (χ4v) is 0.924. The van der Waals surface area contributed by atoms with Gasteiger partial charge in [-0.25, -0.2) is 0 Å². The zero-order valence-corrected chi connectivity index (χ0v) is 8.89. The molecule has 4 heteroatoms. The Morgan fingerprint density at radius 3 is 2.62 bits per heavy atom. The molecule has 0 aliphatic rings. The molecule has 0 saturated heterocycles. The smallest absolute Gasteiger partial charge is 0.233 e. The maximum atomic E-state index is 11.1. The molecule has 0 spiro atoms. The summed E-state index contributed by atoms with van der Waals surface area (Å²) in [5.74, 6) is 0.0839. The molecular formula is C9H21N3O. The van der Waals surface area contributed by atoms with Crippen LogP contribution in [0.3, 0.4) is 0 Å². The number of nitrogens with one attached hydrogen (secondary N) is 2. The minimum absolute atomic E-state index is 0.0839. The topological polar surface area (TPSA) is 44.4 Å². The molecule has 0 aliphatic heterocycles. The van der Waals surface area contributed by atoms with Crippen LogP contribution in [-0.2, 0) is 4.79 Å². The van der Waals surface area contributed by atoms with Crippen molar-refractivity contribution in [3.63, 3.8) is 0 Å². The molecule has 0 heterocycles. The zero-order valence-electron chi connectivity index (χ0n) is 8.89. The van der Waals surface area contributed by atoms with Gasteiger partial charge in [0, 0.05) is 6.54 Å². The van der Waals surface area contributed by atoms with Crippen molar-refractivity contribution in [3.8, 4) is 0 Å². The van der Waals surface area contributed by atoms with Crippen molar-refractivity contribution < 1.29 is 4.79 Å². The summed E-state index contributed by atoms with van der Waals surface area (Å²) in [6.07, 6.45) is 1.00. The lowest BCUT2D eigenvalue weighted by Crippen LogP contribution is -2.35. The van der Waals surface area contributed by atoms with E-state index in [2.05, 4.69) is 15.5 Å². The van der Waals surface area contributed by atoms with Gasteiger partial charge >= 0.3 is 0 Å². The van der Waals surface area contributed by atoms with Gasteiger partial charge in [-0.15, -0.1) is 0 Å². The van der Waals surface area contributed by atoms with Gasteiger partial charge in [0.1, 0.15) is 0 Å². The van der Waals surface area contributed by atoms with E-state index in [1.54, 1.807) is 0 Å². The quantitative estimate of drug-likeness (QED) is 0.536. The number of likely N-dealkylation sites (N-methyl/N-ethyl adjacent to an activating group) is 1.